The topological polar surface area (TPSA) is 53.1 Å². The summed E-state index contributed by atoms with van der Waals surface area (Å²) in [4.78, 5) is 32.5. The standard InChI is InChI=1S/C31H33N3O3S/c1-2-3-8-19-37-26-15-13-25(14-16-26)34-29(35)21-38-31(34)27-11-6-7-12-28(27)33(30(31)36)22-32-18-17-23-9-4-5-10-24(23)20-32/h4-7,9-16H,2-3,8,17-22H2,1H3/t31-/m1/s1. The Hall–Kier alpha value is -3.29. The normalized spacial score (nSPS) is 20.8. The van der Waals surface area contributed by atoms with E-state index in [4.69, 9.17) is 4.74 Å². The summed E-state index contributed by atoms with van der Waals surface area (Å²) in [5.74, 6) is 0.945. The molecule has 0 N–H and O–H groups in total. The predicted molar refractivity (Wildman–Crippen MR) is 152 cm³/mol. The molecule has 38 heavy (non-hydrogen) atoms. The van der Waals surface area contributed by atoms with Gasteiger partial charge < -0.3 is 4.74 Å². The molecule has 1 saturated heterocycles. The molecule has 0 aromatic heterocycles. The molecule has 0 radical (unpaired) electrons. The van der Waals surface area contributed by atoms with Crippen LogP contribution in [-0.4, -0.2) is 42.3 Å². The molecule has 0 bridgehead atoms. The Kier molecular flexibility index (Phi) is 6.89. The molecule has 196 valence electrons. The molecule has 2 amide bonds. The van der Waals surface area contributed by atoms with E-state index >= 15 is 0 Å². The van der Waals surface area contributed by atoms with Gasteiger partial charge in [0.1, 0.15) is 5.75 Å². The number of hydrogen-bond acceptors (Lipinski definition) is 5. The molecule has 3 aliphatic rings. The number of unbranched alkanes of at least 4 members (excludes halogenated alkanes) is 2. The first-order valence-electron chi connectivity index (χ1n) is 13.5. The van der Waals surface area contributed by atoms with Crippen molar-refractivity contribution in [2.24, 2.45) is 0 Å². The van der Waals surface area contributed by atoms with Crippen LogP contribution in [-0.2, 0) is 27.4 Å². The molecule has 3 aromatic carbocycles. The van der Waals surface area contributed by atoms with Crippen molar-refractivity contribution in [1.82, 2.24) is 4.90 Å². The van der Waals surface area contributed by atoms with Crippen LogP contribution in [0.4, 0.5) is 11.4 Å². The third kappa shape index (κ3) is 4.28. The first kappa shape index (κ1) is 25.0. The van der Waals surface area contributed by atoms with Gasteiger partial charge in [0, 0.05) is 24.3 Å². The molecule has 6 nitrogen and oxygen atoms in total. The Bertz CT molecular complexity index is 1340. The lowest BCUT2D eigenvalue weighted by Crippen LogP contribution is -2.52. The van der Waals surface area contributed by atoms with E-state index < -0.39 is 4.87 Å². The second kappa shape index (κ2) is 10.5. The van der Waals surface area contributed by atoms with Gasteiger partial charge in [0.15, 0.2) is 0 Å². The van der Waals surface area contributed by atoms with E-state index in [0.29, 0.717) is 13.3 Å². The lowest BCUT2D eigenvalue weighted by molar-refractivity contribution is -0.124. The average Bonchev–Trinajstić information content (AvgIpc) is 3.42. The third-order valence-electron chi connectivity index (χ3n) is 7.73. The molecular weight excluding hydrogens is 494 g/mol. The van der Waals surface area contributed by atoms with E-state index in [-0.39, 0.29) is 17.6 Å². The number of nitrogens with zero attached hydrogens (tertiary/aromatic N) is 3. The molecule has 1 fully saturated rings. The van der Waals surface area contributed by atoms with Crippen molar-refractivity contribution in [3.8, 4) is 5.75 Å². The fraction of sp³-hybridized carbons (Fsp3) is 0.355. The molecule has 3 heterocycles. The number of carbonyl (C=O) groups excluding carboxylic acids is 2. The van der Waals surface area contributed by atoms with Crippen molar-refractivity contribution in [2.45, 2.75) is 44.0 Å². The van der Waals surface area contributed by atoms with E-state index in [2.05, 4.69) is 36.1 Å². The predicted octanol–water partition coefficient (Wildman–Crippen LogP) is 5.55. The van der Waals surface area contributed by atoms with Crippen LogP contribution in [0.25, 0.3) is 0 Å². The van der Waals surface area contributed by atoms with Crippen LogP contribution < -0.4 is 14.5 Å². The maximum Gasteiger partial charge on any atom is 0.269 e. The first-order chi connectivity index (χ1) is 18.6. The Morgan fingerprint density at radius 1 is 0.921 bits per heavy atom. The summed E-state index contributed by atoms with van der Waals surface area (Å²) in [7, 11) is 0. The zero-order valence-electron chi connectivity index (χ0n) is 21.8. The molecule has 7 heteroatoms. The second-order valence-electron chi connectivity index (χ2n) is 10.2. The molecule has 1 atom stereocenters. The fourth-order valence-electron chi connectivity index (χ4n) is 5.80. The molecule has 3 aliphatic heterocycles. The minimum Gasteiger partial charge on any atom is -0.494 e. The summed E-state index contributed by atoms with van der Waals surface area (Å²) in [5, 5.41) is 0. The molecule has 6 rings (SSSR count). The van der Waals surface area contributed by atoms with Gasteiger partial charge in [-0.3, -0.25) is 24.3 Å². The van der Waals surface area contributed by atoms with Gasteiger partial charge in [-0.15, -0.1) is 11.8 Å². The summed E-state index contributed by atoms with van der Waals surface area (Å²) in [6.07, 6.45) is 4.28. The van der Waals surface area contributed by atoms with Crippen LogP contribution >= 0.6 is 11.8 Å². The summed E-state index contributed by atoms with van der Waals surface area (Å²) < 4.78 is 5.88. The highest BCUT2D eigenvalue weighted by Gasteiger charge is 2.61. The van der Waals surface area contributed by atoms with Crippen molar-refractivity contribution >= 4 is 35.0 Å². The number of carbonyl (C=O) groups is 2. The number of rotatable bonds is 8. The van der Waals surface area contributed by atoms with Gasteiger partial charge >= 0.3 is 0 Å². The summed E-state index contributed by atoms with van der Waals surface area (Å²) in [6.45, 7) is 5.05. The van der Waals surface area contributed by atoms with Crippen molar-refractivity contribution in [2.75, 3.05) is 35.4 Å². The first-order valence-corrected chi connectivity index (χ1v) is 14.5. The van der Waals surface area contributed by atoms with Gasteiger partial charge in [-0.2, -0.15) is 0 Å². The Labute approximate surface area is 228 Å². The largest absolute Gasteiger partial charge is 0.494 e. The summed E-state index contributed by atoms with van der Waals surface area (Å²) in [5.41, 5.74) is 5.20. The van der Waals surface area contributed by atoms with E-state index in [9.17, 15) is 9.59 Å². The van der Waals surface area contributed by atoms with Gasteiger partial charge in [0.25, 0.3) is 5.91 Å². The number of ether oxygens (including phenoxy) is 1. The highest BCUT2D eigenvalue weighted by Crippen LogP contribution is 2.55. The lowest BCUT2D eigenvalue weighted by Gasteiger charge is -2.35. The van der Waals surface area contributed by atoms with Gasteiger partial charge in [-0.1, -0.05) is 62.2 Å². The fourth-order valence-corrected chi connectivity index (χ4v) is 7.16. The van der Waals surface area contributed by atoms with Crippen molar-refractivity contribution in [3.63, 3.8) is 0 Å². The monoisotopic (exact) mass is 527 g/mol. The highest BCUT2D eigenvalue weighted by molar-refractivity contribution is 8.02. The van der Waals surface area contributed by atoms with Gasteiger partial charge in [-0.05, 0) is 54.3 Å². The zero-order valence-corrected chi connectivity index (χ0v) is 22.6. The van der Waals surface area contributed by atoms with Gasteiger partial charge in [0.05, 0.1) is 24.7 Å². The minimum absolute atomic E-state index is 0.0479. The lowest BCUT2D eigenvalue weighted by atomic mass is 10.0. The van der Waals surface area contributed by atoms with Gasteiger partial charge in [0.2, 0.25) is 10.8 Å². The van der Waals surface area contributed by atoms with Crippen molar-refractivity contribution in [1.29, 1.82) is 0 Å². The van der Waals surface area contributed by atoms with Gasteiger partial charge in [-0.25, -0.2) is 0 Å². The SMILES string of the molecule is CCCCCOc1ccc(N2C(=O)CS[C@]23C(=O)N(CN2CCc4ccccc4C2)c2ccccc23)cc1. The maximum absolute atomic E-state index is 14.4. The van der Waals surface area contributed by atoms with E-state index in [0.717, 1.165) is 61.5 Å². The second-order valence-corrected chi connectivity index (χ2v) is 11.3. The Morgan fingerprint density at radius 3 is 2.50 bits per heavy atom. The van der Waals surface area contributed by atoms with E-state index in [1.54, 1.807) is 4.90 Å². The Balaban J connectivity index is 1.28. The van der Waals surface area contributed by atoms with Crippen molar-refractivity contribution < 1.29 is 14.3 Å². The third-order valence-corrected chi connectivity index (χ3v) is 9.11. The van der Waals surface area contributed by atoms with Crippen LogP contribution in [0, 0.1) is 0 Å². The number of benzene rings is 3. The Morgan fingerprint density at radius 2 is 1.68 bits per heavy atom. The molecular formula is C31H33N3O3S. The molecule has 0 saturated carbocycles. The zero-order chi connectivity index (χ0) is 26.1. The van der Waals surface area contributed by atoms with Crippen LogP contribution in [0.1, 0.15) is 42.9 Å². The number of fused-ring (bicyclic) bond motifs is 3. The average molecular weight is 528 g/mol. The minimum atomic E-state index is -1.09. The summed E-state index contributed by atoms with van der Waals surface area (Å²) >= 11 is 1.43. The highest BCUT2D eigenvalue weighted by atomic mass is 32.2. The van der Waals surface area contributed by atoms with Crippen LogP contribution in [0.15, 0.2) is 72.8 Å². The number of hydrogen-bond donors (Lipinski definition) is 0. The quantitative estimate of drug-likeness (QED) is 0.360. The number of anilines is 2. The smallest absolute Gasteiger partial charge is 0.269 e. The van der Waals surface area contributed by atoms with Crippen molar-refractivity contribution in [3.05, 3.63) is 89.5 Å². The molecule has 3 aromatic rings. The summed E-state index contributed by atoms with van der Waals surface area (Å²) in [6, 6.07) is 24.1. The number of amides is 2. The molecule has 0 unspecified atom stereocenters. The number of thioether (sulfide) groups is 1. The van der Waals surface area contributed by atoms with E-state index in [1.807, 2.05) is 53.4 Å². The van der Waals surface area contributed by atoms with Crippen LogP contribution in [0.3, 0.4) is 0 Å². The van der Waals surface area contributed by atoms with Crippen LogP contribution in [0.2, 0.25) is 0 Å². The molecule has 1 spiro atoms. The maximum atomic E-state index is 14.4. The number of para-hydroxylation sites is 1. The van der Waals surface area contributed by atoms with Crippen LogP contribution in [0.5, 0.6) is 5.75 Å². The molecule has 0 aliphatic carbocycles. The van der Waals surface area contributed by atoms with E-state index in [1.165, 1.54) is 22.9 Å².